The minimum Gasteiger partial charge on any atom is -0.377 e. The number of nitrogens with zero attached hydrogens (tertiary/aromatic N) is 4. The first-order valence-corrected chi connectivity index (χ1v) is 8.68. The highest BCUT2D eigenvalue weighted by Crippen LogP contribution is 2.30. The van der Waals surface area contributed by atoms with E-state index in [2.05, 4.69) is 19.2 Å². The van der Waals surface area contributed by atoms with Gasteiger partial charge in [-0.25, -0.2) is 4.98 Å². The van der Waals surface area contributed by atoms with Crippen LogP contribution >= 0.6 is 11.5 Å². The second-order valence-electron chi connectivity index (χ2n) is 5.89. The van der Waals surface area contributed by atoms with Crippen molar-refractivity contribution < 1.29 is 17.9 Å². The van der Waals surface area contributed by atoms with Gasteiger partial charge >= 0.3 is 6.18 Å². The Balaban J connectivity index is 1.55. The van der Waals surface area contributed by atoms with Crippen LogP contribution in [0.15, 0.2) is 24.3 Å². The summed E-state index contributed by atoms with van der Waals surface area (Å²) >= 11 is 1.35. The Bertz CT molecular complexity index is 699. The van der Waals surface area contributed by atoms with E-state index in [-0.39, 0.29) is 0 Å². The summed E-state index contributed by atoms with van der Waals surface area (Å²) in [6, 6.07) is 5.54. The standard InChI is InChI=1S/C16H19F3N4OS/c1-24-11-14-20-15(25-21-14)23-7-5-22(6-8-23)10-12-3-2-4-13(9-12)16(17,18)19/h2-4,9H,5-8,10-11H2,1H3. The molecule has 0 radical (unpaired) electrons. The van der Waals surface area contributed by atoms with Crippen molar-refractivity contribution in [2.45, 2.75) is 19.3 Å². The largest absolute Gasteiger partial charge is 0.416 e. The maximum atomic E-state index is 12.8. The predicted molar refractivity (Wildman–Crippen MR) is 89.6 cm³/mol. The van der Waals surface area contributed by atoms with Crippen LogP contribution in [0.5, 0.6) is 0 Å². The maximum absolute atomic E-state index is 12.8. The monoisotopic (exact) mass is 372 g/mol. The summed E-state index contributed by atoms with van der Waals surface area (Å²) in [6.07, 6.45) is -4.30. The summed E-state index contributed by atoms with van der Waals surface area (Å²) < 4.78 is 47.7. The number of piperazine rings is 1. The van der Waals surface area contributed by atoms with Crippen molar-refractivity contribution in [1.29, 1.82) is 0 Å². The molecule has 0 atom stereocenters. The SMILES string of the molecule is COCc1nsc(N2CCN(Cc3cccc(C(F)(F)F)c3)CC2)n1. The van der Waals surface area contributed by atoms with Crippen molar-refractivity contribution in [2.24, 2.45) is 0 Å². The van der Waals surface area contributed by atoms with Gasteiger partial charge in [0.05, 0.1) is 5.56 Å². The number of anilines is 1. The summed E-state index contributed by atoms with van der Waals surface area (Å²) in [5.74, 6) is 0.675. The molecular formula is C16H19F3N4OS. The third-order valence-corrected chi connectivity index (χ3v) is 4.85. The number of halogens is 3. The molecule has 0 spiro atoms. The number of ether oxygens (including phenoxy) is 1. The Hall–Kier alpha value is -1.71. The molecule has 1 aliphatic rings. The van der Waals surface area contributed by atoms with Crippen LogP contribution < -0.4 is 4.90 Å². The van der Waals surface area contributed by atoms with E-state index < -0.39 is 11.7 Å². The average molecular weight is 372 g/mol. The molecule has 1 fully saturated rings. The van der Waals surface area contributed by atoms with E-state index in [1.165, 1.54) is 23.7 Å². The van der Waals surface area contributed by atoms with Crippen molar-refractivity contribution in [1.82, 2.24) is 14.3 Å². The van der Waals surface area contributed by atoms with Gasteiger partial charge in [0.2, 0.25) is 5.13 Å². The summed E-state index contributed by atoms with van der Waals surface area (Å²) in [7, 11) is 1.60. The summed E-state index contributed by atoms with van der Waals surface area (Å²) in [4.78, 5) is 8.74. The normalized spacial score (nSPS) is 16.4. The first kappa shape index (κ1) is 18.1. The van der Waals surface area contributed by atoms with Gasteiger partial charge < -0.3 is 9.64 Å². The van der Waals surface area contributed by atoms with E-state index in [0.29, 0.717) is 24.5 Å². The van der Waals surface area contributed by atoms with Crippen LogP contribution in [0, 0.1) is 0 Å². The van der Waals surface area contributed by atoms with Gasteiger partial charge in [-0.3, -0.25) is 4.90 Å². The molecule has 3 rings (SSSR count). The van der Waals surface area contributed by atoms with Crippen molar-refractivity contribution >= 4 is 16.7 Å². The molecule has 136 valence electrons. The van der Waals surface area contributed by atoms with E-state index in [4.69, 9.17) is 4.74 Å². The van der Waals surface area contributed by atoms with Crippen LogP contribution in [-0.4, -0.2) is 47.5 Å². The van der Waals surface area contributed by atoms with Crippen LogP contribution in [0.25, 0.3) is 0 Å². The van der Waals surface area contributed by atoms with E-state index in [1.807, 2.05) is 0 Å². The van der Waals surface area contributed by atoms with Crippen LogP contribution in [0.3, 0.4) is 0 Å². The number of hydrogen-bond acceptors (Lipinski definition) is 6. The van der Waals surface area contributed by atoms with Gasteiger partial charge in [-0.15, -0.1) is 0 Å². The van der Waals surface area contributed by atoms with E-state index in [0.717, 1.165) is 37.4 Å². The van der Waals surface area contributed by atoms with Crippen molar-refractivity contribution in [3.05, 3.63) is 41.2 Å². The average Bonchev–Trinajstić information content (AvgIpc) is 3.04. The lowest BCUT2D eigenvalue weighted by molar-refractivity contribution is -0.137. The third-order valence-electron chi connectivity index (χ3n) is 4.03. The number of methoxy groups -OCH3 is 1. The number of aromatic nitrogens is 2. The number of benzene rings is 1. The zero-order valence-corrected chi connectivity index (χ0v) is 14.6. The van der Waals surface area contributed by atoms with Gasteiger partial charge in [0.15, 0.2) is 5.82 Å². The molecule has 25 heavy (non-hydrogen) atoms. The Morgan fingerprint density at radius 1 is 1.20 bits per heavy atom. The molecule has 0 amide bonds. The minimum absolute atomic E-state index is 0.395. The van der Waals surface area contributed by atoms with Crippen LogP contribution in [0.2, 0.25) is 0 Å². The molecule has 9 heteroatoms. The van der Waals surface area contributed by atoms with Gasteiger partial charge in [0, 0.05) is 51.4 Å². The topological polar surface area (TPSA) is 41.5 Å². The summed E-state index contributed by atoms with van der Waals surface area (Å²) in [6.45, 7) is 4.01. The van der Waals surface area contributed by atoms with E-state index in [1.54, 1.807) is 13.2 Å². The predicted octanol–water partition coefficient (Wildman–Crippen LogP) is 3.03. The fraction of sp³-hybridized carbons (Fsp3) is 0.500. The Morgan fingerprint density at radius 3 is 2.64 bits per heavy atom. The molecule has 2 heterocycles. The lowest BCUT2D eigenvalue weighted by atomic mass is 10.1. The molecule has 0 N–H and O–H groups in total. The maximum Gasteiger partial charge on any atom is 0.416 e. The van der Waals surface area contributed by atoms with Crippen molar-refractivity contribution in [3.8, 4) is 0 Å². The minimum atomic E-state index is -4.30. The third kappa shape index (κ3) is 4.68. The lowest BCUT2D eigenvalue weighted by Crippen LogP contribution is -2.46. The van der Waals surface area contributed by atoms with Gasteiger partial charge in [0.25, 0.3) is 0 Å². The first-order valence-electron chi connectivity index (χ1n) is 7.90. The molecule has 0 unspecified atom stereocenters. The molecule has 2 aromatic rings. The molecule has 0 bridgehead atoms. The molecule has 5 nitrogen and oxygen atoms in total. The summed E-state index contributed by atoms with van der Waals surface area (Å²) in [5.41, 5.74) is 0.0877. The molecule has 1 aliphatic heterocycles. The first-order chi connectivity index (χ1) is 12.0. The molecule has 0 saturated carbocycles. The summed E-state index contributed by atoms with van der Waals surface area (Å²) in [5, 5.41) is 0.866. The molecule has 1 saturated heterocycles. The van der Waals surface area contributed by atoms with Crippen molar-refractivity contribution in [3.63, 3.8) is 0 Å². The second-order valence-corrected chi connectivity index (χ2v) is 6.62. The van der Waals surface area contributed by atoms with Crippen LogP contribution in [-0.2, 0) is 24.1 Å². The molecule has 0 aliphatic carbocycles. The van der Waals surface area contributed by atoms with Crippen LogP contribution in [0.1, 0.15) is 17.0 Å². The Labute approximate surface area is 148 Å². The lowest BCUT2D eigenvalue weighted by Gasteiger charge is -2.34. The fourth-order valence-corrected chi connectivity index (χ4v) is 3.49. The highest BCUT2D eigenvalue weighted by atomic mass is 32.1. The van der Waals surface area contributed by atoms with Gasteiger partial charge in [0.1, 0.15) is 6.61 Å². The smallest absolute Gasteiger partial charge is 0.377 e. The van der Waals surface area contributed by atoms with E-state index in [9.17, 15) is 13.2 Å². The highest BCUT2D eigenvalue weighted by Gasteiger charge is 2.30. The fourth-order valence-electron chi connectivity index (χ4n) is 2.76. The number of hydrogen-bond donors (Lipinski definition) is 0. The number of rotatable bonds is 5. The second kappa shape index (κ2) is 7.67. The Morgan fingerprint density at radius 2 is 1.96 bits per heavy atom. The molecular weight excluding hydrogens is 353 g/mol. The zero-order chi connectivity index (χ0) is 17.9. The Kier molecular flexibility index (Phi) is 5.55. The molecule has 1 aromatic carbocycles. The van der Waals surface area contributed by atoms with Gasteiger partial charge in [-0.2, -0.15) is 17.5 Å². The number of alkyl halides is 3. The van der Waals surface area contributed by atoms with Gasteiger partial charge in [-0.05, 0) is 11.6 Å². The quantitative estimate of drug-likeness (QED) is 0.807. The van der Waals surface area contributed by atoms with Gasteiger partial charge in [-0.1, -0.05) is 18.2 Å². The van der Waals surface area contributed by atoms with Crippen molar-refractivity contribution in [2.75, 3.05) is 38.2 Å². The van der Waals surface area contributed by atoms with Crippen LogP contribution in [0.4, 0.5) is 18.3 Å². The zero-order valence-electron chi connectivity index (χ0n) is 13.8. The molecule has 1 aromatic heterocycles. The van der Waals surface area contributed by atoms with E-state index >= 15 is 0 Å². The highest BCUT2D eigenvalue weighted by molar-refractivity contribution is 7.09.